The Bertz CT molecular complexity index is 585. The first kappa shape index (κ1) is 11.4. The number of hydrogen-bond donors (Lipinski definition) is 0. The fraction of sp³-hybridized carbons (Fsp3) is 0.615. The van der Waals surface area contributed by atoms with Crippen LogP contribution in [-0.2, 0) is 0 Å². The fourth-order valence-corrected chi connectivity index (χ4v) is 3.66. The molecule has 1 aliphatic heterocycles. The molecule has 1 unspecified atom stereocenters. The molecule has 5 nitrogen and oxygen atoms in total. The molecule has 3 heterocycles. The van der Waals surface area contributed by atoms with Gasteiger partial charge in [0.15, 0.2) is 0 Å². The third-order valence-corrected chi connectivity index (χ3v) is 5.04. The van der Waals surface area contributed by atoms with E-state index >= 15 is 0 Å². The van der Waals surface area contributed by atoms with E-state index in [0.717, 1.165) is 24.6 Å². The van der Waals surface area contributed by atoms with E-state index in [0.29, 0.717) is 12.0 Å². The van der Waals surface area contributed by atoms with Gasteiger partial charge in [0.1, 0.15) is 5.01 Å². The molecule has 6 heteroatoms. The largest absolute Gasteiger partial charge is 0.344 e. The van der Waals surface area contributed by atoms with Crippen LogP contribution in [0.3, 0.4) is 0 Å². The lowest BCUT2D eigenvalue weighted by Gasteiger charge is -2.14. The number of anilines is 1. The van der Waals surface area contributed by atoms with E-state index in [1.807, 2.05) is 6.20 Å². The van der Waals surface area contributed by atoms with Gasteiger partial charge < -0.3 is 4.90 Å². The van der Waals surface area contributed by atoms with Crippen LogP contribution in [0.25, 0.3) is 0 Å². The number of aromatic nitrogens is 4. The van der Waals surface area contributed by atoms with Gasteiger partial charge in [0.2, 0.25) is 5.13 Å². The second kappa shape index (κ2) is 4.30. The van der Waals surface area contributed by atoms with Crippen molar-refractivity contribution in [2.24, 2.45) is 0 Å². The van der Waals surface area contributed by atoms with Gasteiger partial charge in [0.05, 0.1) is 12.2 Å². The predicted molar refractivity (Wildman–Crippen MR) is 74.7 cm³/mol. The molecule has 0 radical (unpaired) electrons. The monoisotopic (exact) mass is 275 g/mol. The van der Waals surface area contributed by atoms with E-state index in [1.54, 1.807) is 11.3 Å². The molecule has 1 saturated carbocycles. The molecule has 0 aromatic carbocycles. The molecule has 19 heavy (non-hydrogen) atoms. The molecule has 100 valence electrons. The highest BCUT2D eigenvalue weighted by atomic mass is 32.1. The van der Waals surface area contributed by atoms with Gasteiger partial charge in [-0.25, -0.2) is 0 Å². The van der Waals surface area contributed by atoms with Crippen LogP contribution >= 0.6 is 11.3 Å². The molecular formula is C13H17N5S. The van der Waals surface area contributed by atoms with Crippen molar-refractivity contribution in [1.29, 1.82) is 0 Å². The van der Waals surface area contributed by atoms with Gasteiger partial charge in [0, 0.05) is 25.2 Å². The van der Waals surface area contributed by atoms with Crippen LogP contribution in [-0.4, -0.2) is 33.1 Å². The van der Waals surface area contributed by atoms with E-state index in [1.165, 1.54) is 23.4 Å². The molecule has 1 aliphatic carbocycles. The number of rotatable bonds is 3. The smallest absolute Gasteiger partial charge is 0.208 e. The van der Waals surface area contributed by atoms with Gasteiger partial charge in [-0.3, -0.25) is 4.68 Å². The zero-order valence-corrected chi connectivity index (χ0v) is 11.8. The molecule has 0 bridgehead atoms. The van der Waals surface area contributed by atoms with Crippen molar-refractivity contribution >= 4 is 16.5 Å². The Balaban J connectivity index is 1.48. The zero-order valence-electron chi connectivity index (χ0n) is 11.0. The van der Waals surface area contributed by atoms with Crippen molar-refractivity contribution < 1.29 is 0 Å². The zero-order chi connectivity index (χ0) is 12.8. The second-order valence-electron chi connectivity index (χ2n) is 5.58. The molecule has 0 N–H and O–H groups in total. The van der Waals surface area contributed by atoms with Gasteiger partial charge in [-0.05, 0) is 31.7 Å². The molecule has 1 atom stereocenters. The summed E-state index contributed by atoms with van der Waals surface area (Å²) in [4.78, 5) is 2.35. The normalized spacial score (nSPS) is 23.2. The average Bonchev–Trinajstić information content (AvgIpc) is 2.86. The van der Waals surface area contributed by atoms with Crippen molar-refractivity contribution in [3.8, 4) is 0 Å². The topological polar surface area (TPSA) is 46.8 Å². The summed E-state index contributed by atoms with van der Waals surface area (Å²) in [5.41, 5.74) is 1.23. The minimum atomic E-state index is 0.474. The minimum Gasteiger partial charge on any atom is -0.344 e. The maximum absolute atomic E-state index is 4.43. The lowest BCUT2D eigenvalue weighted by atomic mass is 10.3. The summed E-state index contributed by atoms with van der Waals surface area (Å²) in [5, 5.41) is 15.4. The first-order valence-corrected chi connectivity index (χ1v) is 7.70. The summed E-state index contributed by atoms with van der Waals surface area (Å²) < 4.78 is 2.10. The Morgan fingerprint density at radius 2 is 2.16 bits per heavy atom. The standard InChI is InChI=1S/C13H17N5S/c1-9-6-14-18(7-9)11-4-5-17(8-11)13-16-15-12(19-13)10-2-3-10/h6-7,10-11H,2-5,8H2,1H3. The Labute approximate surface area is 116 Å². The third kappa shape index (κ3) is 2.14. The van der Waals surface area contributed by atoms with Crippen LogP contribution < -0.4 is 4.90 Å². The van der Waals surface area contributed by atoms with Crippen molar-refractivity contribution in [2.75, 3.05) is 18.0 Å². The lowest BCUT2D eigenvalue weighted by Crippen LogP contribution is -2.20. The fourth-order valence-electron chi connectivity index (χ4n) is 2.61. The van der Waals surface area contributed by atoms with E-state index in [-0.39, 0.29) is 0 Å². The van der Waals surface area contributed by atoms with E-state index in [4.69, 9.17) is 0 Å². The first-order valence-electron chi connectivity index (χ1n) is 6.89. The second-order valence-corrected chi connectivity index (χ2v) is 6.57. The van der Waals surface area contributed by atoms with E-state index in [2.05, 4.69) is 38.0 Å². The average molecular weight is 275 g/mol. The third-order valence-electron chi connectivity index (χ3n) is 3.90. The van der Waals surface area contributed by atoms with Crippen LogP contribution in [0.15, 0.2) is 12.4 Å². The highest BCUT2D eigenvalue weighted by molar-refractivity contribution is 7.15. The van der Waals surface area contributed by atoms with Crippen LogP contribution in [0.1, 0.15) is 41.8 Å². The number of hydrogen-bond acceptors (Lipinski definition) is 5. The SMILES string of the molecule is Cc1cnn(C2CCN(c3nnc(C4CC4)s3)C2)c1. The summed E-state index contributed by atoms with van der Waals surface area (Å²) in [7, 11) is 0. The maximum Gasteiger partial charge on any atom is 0.208 e. The van der Waals surface area contributed by atoms with Crippen molar-refractivity contribution in [2.45, 2.75) is 38.1 Å². The van der Waals surface area contributed by atoms with Crippen LogP contribution in [0.5, 0.6) is 0 Å². The van der Waals surface area contributed by atoms with E-state index in [9.17, 15) is 0 Å². The van der Waals surface area contributed by atoms with Crippen LogP contribution in [0, 0.1) is 6.92 Å². The highest BCUT2D eigenvalue weighted by Gasteiger charge is 2.31. The molecule has 1 saturated heterocycles. The maximum atomic E-state index is 4.43. The molecule has 2 aromatic heterocycles. The minimum absolute atomic E-state index is 0.474. The Morgan fingerprint density at radius 1 is 1.26 bits per heavy atom. The van der Waals surface area contributed by atoms with Crippen molar-refractivity contribution in [3.63, 3.8) is 0 Å². The quantitative estimate of drug-likeness (QED) is 0.863. The van der Waals surface area contributed by atoms with E-state index < -0.39 is 0 Å². The van der Waals surface area contributed by atoms with Gasteiger partial charge >= 0.3 is 0 Å². The Morgan fingerprint density at radius 3 is 2.89 bits per heavy atom. The van der Waals surface area contributed by atoms with Crippen molar-refractivity contribution in [1.82, 2.24) is 20.0 Å². The summed E-state index contributed by atoms with van der Waals surface area (Å²) in [6, 6.07) is 0.474. The highest BCUT2D eigenvalue weighted by Crippen LogP contribution is 2.43. The van der Waals surface area contributed by atoms with Crippen LogP contribution in [0.4, 0.5) is 5.13 Å². The molecule has 2 fully saturated rings. The van der Waals surface area contributed by atoms with Gasteiger partial charge in [-0.1, -0.05) is 11.3 Å². The van der Waals surface area contributed by atoms with Gasteiger partial charge in [-0.2, -0.15) is 5.10 Å². The summed E-state index contributed by atoms with van der Waals surface area (Å²) in [6.07, 6.45) is 7.79. The molecule has 2 aliphatic rings. The number of aryl methyl sites for hydroxylation is 1. The summed E-state index contributed by atoms with van der Waals surface area (Å²) >= 11 is 1.78. The summed E-state index contributed by atoms with van der Waals surface area (Å²) in [6.45, 7) is 4.15. The molecule has 4 rings (SSSR count). The van der Waals surface area contributed by atoms with Gasteiger partial charge in [0.25, 0.3) is 0 Å². The summed E-state index contributed by atoms with van der Waals surface area (Å²) in [5.74, 6) is 0.707. The first-order chi connectivity index (χ1) is 9.29. The van der Waals surface area contributed by atoms with Crippen molar-refractivity contribution in [3.05, 3.63) is 23.0 Å². The molecular weight excluding hydrogens is 258 g/mol. The number of nitrogens with zero attached hydrogens (tertiary/aromatic N) is 5. The molecule has 2 aromatic rings. The Hall–Kier alpha value is -1.43. The lowest BCUT2D eigenvalue weighted by molar-refractivity contribution is 0.494. The van der Waals surface area contributed by atoms with Crippen LogP contribution in [0.2, 0.25) is 0 Å². The van der Waals surface area contributed by atoms with Gasteiger partial charge in [-0.15, -0.1) is 10.2 Å². The predicted octanol–water partition coefficient (Wildman–Crippen LogP) is 2.37. The molecule has 0 spiro atoms. The Kier molecular flexibility index (Phi) is 2.58. The molecule has 0 amide bonds.